The highest BCUT2D eigenvalue weighted by Crippen LogP contribution is 2.22. The molecule has 1 rings (SSSR count). The fourth-order valence-electron chi connectivity index (χ4n) is 0.879. The van der Waals surface area contributed by atoms with E-state index in [-0.39, 0.29) is 11.3 Å². The zero-order valence-corrected chi connectivity index (χ0v) is 6.89. The van der Waals surface area contributed by atoms with Crippen LogP contribution in [0, 0.1) is 0 Å². The van der Waals surface area contributed by atoms with Crippen molar-refractivity contribution < 1.29 is 25.0 Å². The first-order chi connectivity index (χ1) is 6.56. The molecule has 0 heterocycles. The lowest BCUT2D eigenvalue weighted by molar-refractivity contribution is -0.124. The van der Waals surface area contributed by atoms with E-state index in [1.807, 2.05) is 0 Å². The number of nitrogens with one attached hydrogen (secondary N) is 1. The Morgan fingerprint density at radius 3 is 2.43 bits per heavy atom. The van der Waals surface area contributed by atoms with Crippen molar-refractivity contribution in [1.29, 1.82) is 0 Å². The normalized spacial score (nSPS) is 9.50. The molecule has 74 valence electrons. The van der Waals surface area contributed by atoms with E-state index in [0.717, 1.165) is 23.7 Å². The third-order valence-electron chi connectivity index (χ3n) is 1.53. The predicted molar refractivity (Wildman–Crippen MR) is 44.0 cm³/mol. The van der Waals surface area contributed by atoms with Crippen LogP contribution in [0.1, 0.15) is 10.4 Å². The topological polar surface area (TPSA) is 107 Å². The minimum absolute atomic E-state index is 0.267. The number of hydroxylamine groups is 1. The molecule has 1 amide bonds. The lowest BCUT2D eigenvalue weighted by Gasteiger charge is -2.02. The maximum absolute atomic E-state index is 11.1. The summed E-state index contributed by atoms with van der Waals surface area (Å²) in [5, 5.41) is 26.3. The first-order valence-electron chi connectivity index (χ1n) is 3.57. The maximum Gasteiger partial charge on any atom is 0.315 e. The molecule has 14 heavy (non-hydrogen) atoms. The van der Waals surface area contributed by atoms with Gasteiger partial charge in [-0.05, 0) is 18.2 Å². The Hall–Kier alpha value is -2.08. The smallest absolute Gasteiger partial charge is 0.315 e. The molecule has 0 atom stereocenters. The minimum atomic E-state index is -1.29. The molecule has 0 aliphatic rings. The van der Waals surface area contributed by atoms with Gasteiger partial charge in [-0.1, -0.05) is 0 Å². The Morgan fingerprint density at radius 1 is 1.21 bits per heavy atom. The van der Waals surface area contributed by atoms with E-state index in [1.54, 1.807) is 0 Å². The molecule has 0 bridgehead atoms. The number of benzene rings is 1. The van der Waals surface area contributed by atoms with E-state index in [0.29, 0.717) is 0 Å². The van der Waals surface area contributed by atoms with Crippen LogP contribution in [0.4, 0.5) is 0 Å². The zero-order valence-electron chi connectivity index (χ0n) is 6.89. The van der Waals surface area contributed by atoms with Gasteiger partial charge in [0.05, 0.1) is 5.56 Å². The summed E-state index contributed by atoms with van der Waals surface area (Å²) < 4.78 is 0. The molecular weight excluding hydrogens is 190 g/mol. The molecule has 0 aliphatic heterocycles. The van der Waals surface area contributed by atoms with Crippen molar-refractivity contribution in [3.63, 3.8) is 0 Å². The molecule has 1 aromatic rings. The van der Waals surface area contributed by atoms with Crippen molar-refractivity contribution in [1.82, 2.24) is 5.48 Å². The van der Waals surface area contributed by atoms with E-state index < -0.39 is 17.4 Å². The molecule has 0 unspecified atom stereocenters. The summed E-state index contributed by atoms with van der Waals surface area (Å²) in [6.45, 7) is 0. The summed E-state index contributed by atoms with van der Waals surface area (Å²) in [5.74, 6) is -3.14. The molecule has 1 aromatic carbocycles. The van der Waals surface area contributed by atoms with Crippen LogP contribution in [0.25, 0.3) is 0 Å². The number of ketones is 1. The Bertz CT molecular complexity index is 387. The molecule has 0 spiro atoms. The monoisotopic (exact) mass is 197 g/mol. The van der Waals surface area contributed by atoms with Crippen LogP contribution in [0.15, 0.2) is 18.2 Å². The van der Waals surface area contributed by atoms with Gasteiger partial charge < -0.3 is 10.2 Å². The quantitative estimate of drug-likeness (QED) is 0.172. The number of phenols is 2. The number of carbonyl (C=O) groups is 2. The molecule has 0 aromatic heterocycles. The van der Waals surface area contributed by atoms with Gasteiger partial charge in [0.2, 0.25) is 0 Å². The number of Topliss-reactive ketones (excluding diaryl/α,β-unsaturated/α-hetero) is 1. The molecule has 0 aliphatic carbocycles. The molecule has 6 nitrogen and oxygen atoms in total. The SMILES string of the molecule is O=C(NO)C(=O)c1cc(O)ccc1O. The largest absolute Gasteiger partial charge is 0.508 e. The summed E-state index contributed by atoms with van der Waals surface area (Å²) in [4.78, 5) is 21.8. The van der Waals surface area contributed by atoms with Gasteiger partial charge in [-0.25, -0.2) is 5.48 Å². The van der Waals surface area contributed by atoms with Gasteiger partial charge in [0.1, 0.15) is 11.5 Å². The molecular formula is C8H7NO5. The van der Waals surface area contributed by atoms with Crippen LogP contribution in [0.3, 0.4) is 0 Å². The van der Waals surface area contributed by atoms with E-state index in [9.17, 15) is 9.59 Å². The highest BCUT2D eigenvalue weighted by molar-refractivity contribution is 6.43. The number of rotatable bonds is 2. The summed E-state index contributed by atoms with van der Waals surface area (Å²) in [6, 6.07) is 3.14. The highest BCUT2D eigenvalue weighted by atomic mass is 16.5. The Kier molecular flexibility index (Phi) is 2.68. The molecule has 0 saturated heterocycles. The van der Waals surface area contributed by atoms with Crippen molar-refractivity contribution in [3.05, 3.63) is 23.8 Å². The summed E-state index contributed by atoms with van der Waals surface area (Å²) >= 11 is 0. The lowest BCUT2D eigenvalue weighted by atomic mass is 10.1. The first-order valence-corrected chi connectivity index (χ1v) is 3.57. The average Bonchev–Trinajstić information content (AvgIpc) is 2.19. The lowest BCUT2D eigenvalue weighted by Crippen LogP contribution is -2.28. The fourth-order valence-corrected chi connectivity index (χ4v) is 0.879. The Labute approximate surface area is 78.4 Å². The predicted octanol–water partition coefficient (Wildman–Crippen LogP) is -0.214. The molecule has 4 N–H and O–H groups in total. The van der Waals surface area contributed by atoms with Gasteiger partial charge in [0, 0.05) is 0 Å². The number of hydrogen-bond donors (Lipinski definition) is 4. The van der Waals surface area contributed by atoms with Crippen molar-refractivity contribution in [2.24, 2.45) is 0 Å². The number of aromatic hydroxyl groups is 2. The number of phenolic OH excluding ortho intramolecular Hbond substituents is 2. The van der Waals surface area contributed by atoms with Crippen LogP contribution in [0.5, 0.6) is 11.5 Å². The molecule has 0 radical (unpaired) electrons. The Balaban J connectivity index is 3.12. The van der Waals surface area contributed by atoms with Crippen LogP contribution in [0.2, 0.25) is 0 Å². The second-order valence-corrected chi connectivity index (χ2v) is 2.47. The maximum atomic E-state index is 11.1. The number of carbonyl (C=O) groups excluding carboxylic acids is 2. The first kappa shape index (κ1) is 10.0. The van der Waals surface area contributed by atoms with Crippen LogP contribution in [-0.4, -0.2) is 27.1 Å². The third kappa shape index (κ3) is 1.80. The fraction of sp³-hybridized carbons (Fsp3) is 0. The van der Waals surface area contributed by atoms with Crippen molar-refractivity contribution in [2.45, 2.75) is 0 Å². The van der Waals surface area contributed by atoms with E-state index >= 15 is 0 Å². The molecule has 6 heteroatoms. The van der Waals surface area contributed by atoms with Crippen LogP contribution < -0.4 is 5.48 Å². The van der Waals surface area contributed by atoms with Gasteiger partial charge in [-0.3, -0.25) is 14.8 Å². The van der Waals surface area contributed by atoms with E-state index in [4.69, 9.17) is 15.4 Å². The molecule has 0 fully saturated rings. The van der Waals surface area contributed by atoms with E-state index in [1.165, 1.54) is 0 Å². The van der Waals surface area contributed by atoms with Gasteiger partial charge in [-0.15, -0.1) is 0 Å². The Morgan fingerprint density at radius 2 is 1.86 bits per heavy atom. The standard InChI is InChI=1S/C8H7NO5/c10-4-1-2-6(11)5(3-4)7(12)8(13)9-14/h1-3,10-11,14H,(H,9,13). The number of hydrogen-bond acceptors (Lipinski definition) is 5. The van der Waals surface area contributed by atoms with Crippen LogP contribution >= 0.6 is 0 Å². The number of amides is 1. The van der Waals surface area contributed by atoms with Crippen molar-refractivity contribution >= 4 is 11.7 Å². The second kappa shape index (κ2) is 3.75. The summed E-state index contributed by atoms with van der Waals surface area (Å²) in [6.07, 6.45) is 0. The third-order valence-corrected chi connectivity index (χ3v) is 1.53. The van der Waals surface area contributed by atoms with Crippen LogP contribution in [-0.2, 0) is 4.79 Å². The van der Waals surface area contributed by atoms with Gasteiger partial charge >= 0.3 is 5.91 Å². The van der Waals surface area contributed by atoms with Gasteiger partial charge in [-0.2, -0.15) is 0 Å². The zero-order chi connectivity index (χ0) is 10.7. The second-order valence-electron chi connectivity index (χ2n) is 2.47. The molecule has 0 saturated carbocycles. The van der Waals surface area contributed by atoms with E-state index in [2.05, 4.69) is 0 Å². The average molecular weight is 197 g/mol. The van der Waals surface area contributed by atoms with Crippen molar-refractivity contribution in [2.75, 3.05) is 0 Å². The van der Waals surface area contributed by atoms with Gasteiger partial charge in [0.15, 0.2) is 0 Å². The highest BCUT2D eigenvalue weighted by Gasteiger charge is 2.19. The van der Waals surface area contributed by atoms with Gasteiger partial charge in [0.25, 0.3) is 5.78 Å². The van der Waals surface area contributed by atoms with Crippen molar-refractivity contribution in [3.8, 4) is 11.5 Å². The summed E-state index contributed by atoms with van der Waals surface area (Å²) in [5.41, 5.74) is 0.750. The minimum Gasteiger partial charge on any atom is -0.508 e. The summed E-state index contributed by atoms with van der Waals surface area (Å²) in [7, 11) is 0.